The van der Waals surface area contributed by atoms with Crippen molar-refractivity contribution in [1.82, 2.24) is 0 Å². The van der Waals surface area contributed by atoms with Gasteiger partial charge in [0.2, 0.25) is 0 Å². The molecule has 6 nitrogen and oxygen atoms in total. The van der Waals surface area contributed by atoms with E-state index >= 15 is 0 Å². The molecule has 0 aromatic heterocycles. The van der Waals surface area contributed by atoms with Crippen LogP contribution >= 0.6 is 0 Å². The van der Waals surface area contributed by atoms with E-state index in [0.29, 0.717) is 19.4 Å². The summed E-state index contributed by atoms with van der Waals surface area (Å²) >= 11 is 0. The first kappa shape index (κ1) is 17.9. The maximum atomic E-state index is 10.8. The quantitative estimate of drug-likeness (QED) is 0.749. The number of hydrogen-bond acceptors (Lipinski definition) is 5. The molecule has 0 spiro atoms. The molecule has 0 radical (unpaired) electrons. The number of carbonyl (C=O) groups is 1. The summed E-state index contributed by atoms with van der Waals surface area (Å²) < 4.78 is 17.3. The molecule has 6 heteroatoms. The highest BCUT2D eigenvalue weighted by Gasteiger charge is 2.52. The largest absolute Gasteiger partial charge is 0.477 e. The second-order valence-electron chi connectivity index (χ2n) is 6.26. The Balaban J connectivity index is 2.06. The van der Waals surface area contributed by atoms with E-state index < -0.39 is 29.8 Å². The van der Waals surface area contributed by atoms with Gasteiger partial charge in [0, 0.05) is 6.42 Å². The summed E-state index contributed by atoms with van der Waals surface area (Å²) in [4.78, 5) is 10.8. The second kappa shape index (κ2) is 6.97. The van der Waals surface area contributed by atoms with Crippen molar-refractivity contribution in [2.45, 2.75) is 64.0 Å². The highest BCUT2D eigenvalue weighted by atomic mass is 16.7. The fourth-order valence-electron chi connectivity index (χ4n) is 2.74. The van der Waals surface area contributed by atoms with Gasteiger partial charge in [-0.1, -0.05) is 37.3 Å². The molecule has 1 fully saturated rings. The predicted octanol–water partition coefficient (Wildman–Crippen LogP) is 2.30. The fraction of sp³-hybridized carbons (Fsp3) is 0.588. The smallest absolute Gasteiger partial charge is 0.360 e. The SMILES string of the molecule is CCC1(OCc2ccccc2)CC(OC(O)C(=O)O)C(C)(C)O1. The first-order valence-electron chi connectivity index (χ1n) is 7.72. The van der Waals surface area contributed by atoms with Crippen LogP contribution in [0.4, 0.5) is 0 Å². The average molecular weight is 324 g/mol. The van der Waals surface area contributed by atoms with Gasteiger partial charge in [-0.15, -0.1) is 0 Å². The Hall–Kier alpha value is -1.47. The molecule has 0 amide bonds. The Morgan fingerprint density at radius 1 is 1.39 bits per heavy atom. The van der Waals surface area contributed by atoms with Crippen LogP contribution in [0.5, 0.6) is 0 Å². The molecular formula is C17H24O6. The Labute approximate surface area is 136 Å². The van der Waals surface area contributed by atoms with E-state index in [9.17, 15) is 9.90 Å². The molecular weight excluding hydrogens is 300 g/mol. The van der Waals surface area contributed by atoms with Gasteiger partial charge in [0.25, 0.3) is 6.29 Å². The lowest BCUT2D eigenvalue weighted by Crippen LogP contribution is -2.39. The summed E-state index contributed by atoms with van der Waals surface area (Å²) in [5.74, 6) is -2.28. The molecule has 0 saturated carbocycles. The standard InChI is InChI=1S/C17H24O6/c1-4-17(21-11-12-8-6-5-7-9-12)10-13(16(2,3)23-17)22-15(20)14(18)19/h5-9,13,15,20H,4,10-11H2,1-3H3,(H,18,19). The van der Waals surface area contributed by atoms with Gasteiger partial charge in [0.1, 0.15) is 0 Å². The molecule has 1 aliphatic rings. The molecule has 3 unspecified atom stereocenters. The maximum absolute atomic E-state index is 10.8. The van der Waals surface area contributed by atoms with Gasteiger partial charge in [0.05, 0.1) is 18.3 Å². The fourth-order valence-corrected chi connectivity index (χ4v) is 2.74. The number of ether oxygens (including phenoxy) is 3. The molecule has 1 heterocycles. The summed E-state index contributed by atoms with van der Waals surface area (Å²) in [6, 6.07) is 9.74. The number of aliphatic hydroxyl groups is 1. The van der Waals surface area contributed by atoms with Gasteiger partial charge in [0.15, 0.2) is 5.79 Å². The van der Waals surface area contributed by atoms with Crippen LogP contribution in [0, 0.1) is 0 Å². The molecule has 1 aliphatic heterocycles. The highest BCUT2D eigenvalue weighted by molar-refractivity contribution is 5.70. The Morgan fingerprint density at radius 2 is 2.04 bits per heavy atom. The summed E-state index contributed by atoms with van der Waals surface area (Å²) in [5, 5.41) is 18.3. The van der Waals surface area contributed by atoms with Crippen molar-refractivity contribution in [2.75, 3.05) is 0 Å². The minimum absolute atomic E-state index is 0.355. The Bertz CT molecular complexity index is 529. The van der Waals surface area contributed by atoms with Crippen molar-refractivity contribution in [2.24, 2.45) is 0 Å². The predicted molar refractivity (Wildman–Crippen MR) is 82.5 cm³/mol. The number of benzene rings is 1. The molecule has 1 aromatic carbocycles. The Morgan fingerprint density at radius 3 is 2.61 bits per heavy atom. The first-order chi connectivity index (χ1) is 10.8. The van der Waals surface area contributed by atoms with E-state index in [4.69, 9.17) is 19.3 Å². The molecule has 0 bridgehead atoms. The normalized spacial score (nSPS) is 27.7. The van der Waals surface area contributed by atoms with Crippen LogP contribution in [0.15, 0.2) is 30.3 Å². The van der Waals surface area contributed by atoms with Crippen LogP contribution in [-0.2, 0) is 25.6 Å². The zero-order valence-corrected chi connectivity index (χ0v) is 13.7. The van der Waals surface area contributed by atoms with E-state index in [0.717, 1.165) is 5.56 Å². The van der Waals surface area contributed by atoms with Crippen molar-refractivity contribution in [3.8, 4) is 0 Å². The number of rotatable bonds is 7. The minimum atomic E-state index is -1.87. The van der Waals surface area contributed by atoms with Gasteiger partial charge in [-0.25, -0.2) is 4.79 Å². The molecule has 2 N–H and O–H groups in total. The van der Waals surface area contributed by atoms with E-state index in [1.807, 2.05) is 37.3 Å². The zero-order chi connectivity index (χ0) is 17.1. The van der Waals surface area contributed by atoms with Crippen LogP contribution < -0.4 is 0 Å². The molecule has 2 rings (SSSR count). The van der Waals surface area contributed by atoms with E-state index in [2.05, 4.69) is 0 Å². The van der Waals surface area contributed by atoms with Crippen LogP contribution in [0.1, 0.15) is 39.2 Å². The summed E-state index contributed by atoms with van der Waals surface area (Å²) in [6.45, 7) is 5.93. The third kappa shape index (κ3) is 4.29. The minimum Gasteiger partial charge on any atom is -0.477 e. The lowest BCUT2D eigenvalue weighted by molar-refractivity contribution is -0.256. The lowest BCUT2D eigenvalue weighted by Gasteiger charge is -2.30. The van der Waals surface area contributed by atoms with E-state index in [1.54, 1.807) is 13.8 Å². The molecule has 0 aliphatic carbocycles. The first-order valence-corrected chi connectivity index (χ1v) is 7.72. The lowest BCUT2D eigenvalue weighted by atomic mass is 9.99. The van der Waals surface area contributed by atoms with Crippen LogP contribution in [0.2, 0.25) is 0 Å². The Kier molecular flexibility index (Phi) is 5.41. The monoisotopic (exact) mass is 324 g/mol. The third-order valence-corrected chi connectivity index (χ3v) is 4.11. The summed E-state index contributed by atoms with van der Waals surface area (Å²) in [6.07, 6.45) is -1.51. The number of aliphatic carboxylic acids is 1. The average Bonchev–Trinajstić information content (AvgIpc) is 2.77. The van der Waals surface area contributed by atoms with Crippen molar-refractivity contribution >= 4 is 5.97 Å². The third-order valence-electron chi connectivity index (χ3n) is 4.11. The number of carboxylic acid groups (broad SMARTS) is 1. The van der Waals surface area contributed by atoms with Crippen molar-refractivity contribution in [3.63, 3.8) is 0 Å². The van der Waals surface area contributed by atoms with Gasteiger partial charge < -0.3 is 24.4 Å². The van der Waals surface area contributed by atoms with Crippen LogP contribution in [-0.4, -0.2) is 40.0 Å². The van der Waals surface area contributed by atoms with Crippen molar-refractivity contribution < 1.29 is 29.2 Å². The van der Waals surface area contributed by atoms with E-state index in [-0.39, 0.29) is 0 Å². The number of aliphatic hydroxyl groups excluding tert-OH is 1. The van der Waals surface area contributed by atoms with Gasteiger partial charge >= 0.3 is 5.97 Å². The molecule has 1 saturated heterocycles. The summed E-state index contributed by atoms with van der Waals surface area (Å²) in [5.41, 5.74) is 0.264. The highest BCUT2D eigenvalue weighted by Crippen LogP contribution is 2.43. The molecule has 128 valence electrons. The molecule has 3 atom stereocenters. The molecule has 23 heavy (non-hydrogen) atoms. The van der Waals surface area contributed by atoms with Crippen LogP contribution in [0.3, 0.4) is 0 Å². The summed E-state index contributed by atoms with van der Waals surface area (Å²) in [7, 11) is 0. The van der Waals surface area contributed by atoms with Crippen LogP contribution in [0.25, 0.3) is 0 Å². The maximum Gasteiger partial charge on any atom is 0.360 e. The number of hydrogen-bond donors (Lipinski definition) is 2. The van der Waals surface area contributed by atoms with Crippen molar-refractivity contribution in [3.05, 3.63) is 35.9 Å². The molecule has 1 aromatic rings. The van der Waals surface area contributed by atoms with Gasteiger partial charge in [-0.2, -0.15) is 0 Å². The van der Waals surface area contributed by atoms with Gasteiger partial charge in [-0.05, 0) is 25.8 Å². The second-order valence-corrected chi connectivity index (χ2v) is 6.26. The zero-order valence-electron chi connectivity index (χ0n) is 13.7. The van der Waals surface area contributed by atoms with Crippen molar-refractivity contribution in [1.29, 1.82) is 0 Å². The number of carboxylic acids is 1. The van der Waals surface area contributed by atoms with E-state index in [1.165, 1.54) is 0 Å². The topological polar surface area (TPSA) is 85.2 Å². The van der Waals surface area contributed by atoms with Gasteiger partial charge in [-0.3, -0.25) is 0 Å².